The highest BCUT2D eigenvalue weighted by molar-refractivity contribution is 8.00. The molecule has 1 nitrogen and oxygen atoms in total. The van der Waals surface area contributed by atoms with E-state index in [0.29, 0.717) is 10.8 Å². The number of thioether (sulfide) groups is 1. The van der Waals surface area contributed by atoms with Gasteiger partial charge in [-0.3, -0.25) is 0 Å². The fraction of sp³-hybridized carbons (Fsp3) is 0.714. The van der Waals surface area contributed by atoms with E-state index in [-0.39, 0.29) is 0 Å². The normalized spacial score (nSPS) is 26.3. The topological polar surface area (TPSA) is 12.0 Å². The van der Waals surface area contributed by atoms with Crippen molar-refractivity contribution in [3.05, 3.63) is 21.9 Å². The molecule has 2 heterocycles. The standard InChI is InChI=1S/C14H23NS2/c1-4-12-6-7-13(17-12)11(2)15-10-14(3)8-5-9-16-14/h6-7,11,15H,4-5,8-10H2,1-3H3. The van der Waals surface area contributed by atoms with Crippen molar-refractivity contribution in [2.75, 3.05) is 12.3 Å². The van der Waals surface area contributed by atoms with Gasteiger partial charge < -0.3 is 5.32 Å². The zero-order valence-corrected chi connectivity index (χ0v) is 12.7. The maximum atomic E-state index is 3.71. The van der Waals surface area contributed by atoms with E-state index >= 15 is 0 Å². The smallest absolute Gasteiger partial charge is 0.0386 e. The molecule has 3 heteroatoms. The first-order valence-electron chi connectivity index (χ1n) is 6.59. The molecular formula is C14H23NS2. The van der Waals surface area contributed by atoms with Crippen molar-refractivity contribution in [1.82, 2.24) is 5.32 Å². The summed E-state index contributed by atoms with van der Waals surface area (Å²) in [6.45, 7) is 8.05. The van der Waals surface area contributed by atoms with Gasteiger partial charge in [0.15, 0.2) is 0 Å². The lowest BCUT2D eigenvalue weighted by molar-refractivity contribution is 0.494. The first-order chi connectivity index (χ1) is 8.13. The molecule has 1 fully saturated rings. The van der Waals surface area contributed by atoms with Crippen LogP contribution in [0.3, 0.4) is 0 Å². The van der Waals surface area contributed by atoms with Crippen molar-refractivity contribution < 1.29 is 0 Å². The molecule has 1 N–H and O–H groups in total. The number of thiophene rings is 1. The lowest BCUT2D eigenvalue weighted by Gasteiger charge is -2.25. The highest BCUT2D eigenvalue weighted by atomic mass is 32.2. The zero-order valence-electron chi connectivity index (χ0n) is 11.1. The molecule has 2 atom stereocenters. The summed E-state index contributed by atoms with van der Waals surface area (Å²) < 4.78 is 0.471. The molecular weight excluding hydrogens is 246 g/mol. The van der Waals surface area contributed by atoms with Gasteiger partial charge >= 0.3 is 0 Å². The van der Waals surface area contributed by atoms with Crippen LogP contribution in [0.4, 0.5) is 0 Å². The average Bonchev–Trinajstić information content (AvgIpc) is 2.95. The third-order valence-electron chi connectivity index (χ3n) is 3.54. The highest BCUT2D eigenvalue weighted by Crippen LogP contribution is 2.37. The van der Waals surface area contributed by atoms with E-state index in [9.17, 15) is 0 Å². The third kappa shape index (κ3) is 3.49. The average molecular weight is 269 g/mol. The Kier molecular flexibility index (Phi) is 4.56. The largest absolute Gasteiger partial charge is 0.308 e. The molecule has 0 bridgehead atoms. The first kappa shape index (κ1) is 13.4. The van der Waals surface area contributed by atoms with Gasteiger partial charge in [0.25, 0.3) is 0 Å². The molecule has 1 aliphatic heterocycles. The summed E-state index contributed by atoms with van der Waals surface area (Å²) in [7, 11) is 0. The molecule has 0 aliphatic carbocycles. The van der Waals surface area contributed by atoms with E-state index in [2.05, 4.69) is 50.0 Å². The minimum absolute atomic E-state index is 0.471. The maximum Gasteiger partial charge on any atom is 0.0386 e. The second-order valence-electron chi connectivity index (χ2n) is 5.16. The van der Waals surface area contributed by atoms with Gasteiger partial charge in [-0.05, 0) is 51.0 Å². The lowest BCUT2D eigenvalue weighted by atomic mass is 10.1. The number of rotatable bonds is 5. The van der Waals surface area contributed by atoms with Crippen LogP contribution in [0.2, 0.25) is 0 Å². The van der Waals surface area contributed by atoms with Crippen LogP contribution in [0.5, 0.6) is 0 Å². The SMILES string of the molecule is CCc1ccc(C(C)NCC2(C)CCCS2)s1. The molecule has 1 saturated heterocycles. The van der Waals surface area contributed by atoms with E-state index in [4.69, 9.17) is 0 Å². The van der Waals surface area contributed by atoms with Crippen LogP contribution in [0.1, 0.15) is 49.4 Å². The van der Waals surface area contributed by atoms with Crippen LogP contribution in [-0.2, 0) is 6.42 Å². The molecule has 1 aliphatic rings. The quantitative estimate of drug-likeness (QED) is 0.858. The lowest BCUT2D eigenvalue weighted by Crippen LogP contribution is -2.34. The fourth-order valence-electron chi connectivity index (χ4n) is 2.26. The van der Waals surface area contributed by atoms with E-state index in [1.807, 2.05) is 11.3 Å². The van der Waals surface area contributed by atoms with Crippen LogP contribution >= 0.6 is 23.1 Å². The number of hydrogen-bond donors (Lipinski definition) is 1. The number of hydrogen-bond acceptors (Lipinski definition) is 3. The van der Waals surface area contributed by atoms with Gasteiger partial charge in [0.05, 0.1) is 0 Å². The predicted molar refractivity (Wildman–Crippen MR) is 80.2 cm³/mol. The minimum atomic E-state index is 0.471. The Morgan fingerprint density at radius 2 is 2.29 bits per heavy atom. The van der Waals surface area contributed by atoms with Crippen molar-refractivity contribution in [2.24, 2.45) is 0 Å². The van der Waals surface area contributed by atoms with Crippen LogP contribution < -0.4 is 5.32 Å². The van der Waals surface area contributed by atoms with Gasteiger partial charge in [0.1, 0.15) is 0 Å². The van der Waals surface area contributed by atoms with Crippen molar-refractivity contribution in [3.63, 3.8) is 0 Å². The summed E-state index contributed by atoms with van der Waals surface area (Å²) in [6, 6.07) is 5.05. The molecule has 1 aromatic heterocycles. The molecule has 0 saturated carbocycles. The van der Waals surface area contributed by atoms with Crippen molar-refractivity contribution in [1.29, 1.82) is 0 Å². The first-order valence-corrected chi connectivity index (χ1v) is 8.39. The summed E-state index contributed by atoms with van der Waals surface area (Å²) in [5.74, 6) is 1.34. The van der Waals surface area contributed by atoms with E-state index in [0.717, 1.165) is 13.0 Å². The van der Waals surface area contributed by atoms with Crippen LogP contribution in [0.25, 0.3) is 0 Å². The fourth-order valence-corrected chi connectivity index (χ4v) is 4.50. The molecule has 0 amide bonds. The van der Waals surface area contributed by atoms with Gasteiger partial charge in [-0.15, -0.1) is 11.3 Å². The summed E-state index contributed by atoms with van der Waals surface area (Å²) in [4.78, 5) is 2.98. The molecule has 17 heavy (non-hydrogen) atoms. The van der Waals surface area contributed by atoms with Crippen LogP contribution in [-0.4, -0.2) is 17.0 Å². The maximum absolute atomic E-state index is 3.71. The van der Waals surface area contributed by atoms with Gasteiger partial charge in [0.2, 0.25) is 0 Å². The van der Waals surface area contributed by atoms with Gasteiger partial charge in [-0.25, -0.2) is 0 Å². The Morgan fingerprint density at radius 1 is 1.47 bits per heavy atom. The zero-order chi connectivity index (χ0) is 12.3. The molecule has 1 aromatic rings. The summed E-state index contributed by atoms with van der Waals surface area (Å²) in [5.41, 5.74) is 0. The summed E-state index contributed by atoms with van der Waals surface area (Å²) in [5, 5.41) is 3.71. The predicted octanol–water partition coefficient (Wildman–Crippen LogP) is 4.25. The molecule has 0 aromatic carbocycles. The Balaban J connectivity index is 1.86. The van der Waals surface area contributed by atoms with Crippen LogP contribution in [0.15, 0.2) is 12.1 Å². The van der Waals surface area contributed by atoms with Gasteiger partial charge in [-0.1, -0.05) is 6.92 Å². The van der Waals surface area contributed by atoms with Crippen LogP contribution in [0, 0.1) is 0 Å². The second kappa shape index (κ2) is 5.77. The summed E-state index contributed by atoms with van der Waals surface area (Å²) >= 11 is 4.09. The monoisotopic (exact) mass is 269 g/mol. The molecule has 2 rings (SSSR count). The summed E-state index contributed by atoms with van der Waals surface area (Å²) in [6.07, 6.45) is 3.91. The number of nitrogens with one attached hydrogen (secondary N) is 1. The molecule has 0 spiro atoms. The Morgan fingerprint density at radius 3 is 2.88 bits per heavy atom. The second-order valence-corrected chi connectivity index (χ2v) is 8.04. The molecule has 0 radical (unpaired) electrons. The van der Waals surface area contributed by atoms with Gasteiger partial charge in [-0.2, -0.15) is 11.8 Å². The van der Waals surface area contributed by atoms with E-state index in [1.54, 1.807) is 0 Å². The Labute approximate surface area is 113 Å². The van der Waals surface area contributed by atoms with E-state index < -0.39 is 0 Å². The Hall–Kier alpha value is 0.01000. The van der Waals surface area contributed by atoms with Gasteiger partial charge in [0, 0.05) is 27.1 Å². The van der Waals surface area contributed by atoms with Crippen molar-refractivity contribution in [2.45, 2.75) is 50.8 Å². The third-order valence-corrected chi connectivity index (χ3v) is 6.49. The van der Waals surface area contributed by atoms with Crippen molar-refractivity contribution in [3.8, 4) is 0 Å². The highest BCUT2D eigenvalue weighted by Gasteiger charge is 2.29. The molecule has 2 unspecified atom stereocenters. The number of aryl methyl sites for hydroxylation is 1. The Bertz CT molecular complexity index is 353. The van der Waals surface area contributed by atoms with E-state index in [1.165, 1.54) is 28.3 Å². The van der Waals surface area contributed by atoms with Crippen molar-refractivity contribution >= 4 is 23.1 Å². The minimum Gasteiger partial charge on any atom is -0.308 e. The molecule has 96 valence electrons.